The van der Waals surface area contributed by atoms with Gasteiger partial charge in [0.1, 0.15) is 0 Å². The highest BCUT2D eigenvalue weighted by Crippen LogP contribution is 2.30. The summed E-state index contributed by atoms with van der Waals surface area (Å²) in [7, 11) is 1.85. The van der Waals surface area contributed by atoms with Crippen molar-refractivity contribution < 1.29 is 14.3 Å². The molecule has 0 saturated carbocycles. The molecule has 0 spiro atoms. The molecule has 9 heteroatoms. The van der Waals surface area contributed by atoms with Crippen LogP contribution in [0.25, 0.3) is 21.6 Å². The van der Waals surface area contributed by atoms with Crippen LogP contribution in [0.1, 0.15) is 36.3 Å². The van der Waals surface area contributed by atoms with Crippen LogP contribution in [0.2, 0.25) is 0 Å². The second-order valence-electron chi connectivity index (χ2n) is 8.54. The number of hydrogen-bond donors (Lipinski definition) is 0. The van der Waals surface area contributed by atoms with Crippen LogP contribution in [0.3, 0.4) is 0 Å². The maximum atomic E-state index is 13.7. The van der Waals surface area contributed by atoms with Gasteiger partial charge in [0.25, 0.3) is 5.91 Å². The molecule has 0 aromatic carbocycles. The average molecular weight is 456 g/mol. The van der Waals surface area contributed by atoms with Crippen LogP contribution in [0, 0.1) is 12.8 Å². The largest absolute Gasteiger partial charge is 0.449 e. The smallest absolute Gasteiger partial charge is 0.409 e. The first-order valence-corrected chi connectivity index (χ1v) is 11.8. The molecule has 32 heavy (non-hydrogen) atoms. The number of ether oxygens (including phenoxy) is 1. The van der Waals surface area contributed by atoms with E-state index in [-0.39, 0.29) is 12.0 Å². The lowest BCUT2D eigenvalue weighted by atomic mass is 10.1. The Hall–Kier alpha value is -2.94. The Morgan fingerprint density at radius 3 is 2.66 bits per heavy atom. The predicted octanol–water partition coefficient (Wildman–Crippen LogP) is 3.95. The van der Waals surface area contributed by atoms with Gasteiger partial charge in [0.2, 0.25) is 0 Å². The fraction of sp³-hybridized carbons (Fsp3) is 0.478. The van der Waals surface area contributed by atoms with Crippen LogP contribution in [-0.2, 0) is 11.8 Å². The Morgan fingerprint density at radius 1 is 1.19 bits per heavy atom. The van der Waals surface area contributed by atoms with Crippen molar-refractivity contribution in [1.82, 2.24) is 24.6 Å². The van der Waals surface area contributed by atoms with Crippen LogP contribution in [0.15, 0.2) is 23.6 Å². The third-order valence-electron chi connectivity index (χ3n) is 5.55. The predicted molar refractivity (Wildman–Crippen MR) is 125 cm³/mol. The molecule has 4 heterocycles. The average Bonchev–Trinajstić information content (AvgIpc) is 3.32. The van der Waals surface area contributed by atoms with Crippen LogP contribution in [-0.4, -0.2) is 69.4 Å². The summed E-state index contributed by atoms with van der Waals surface area (Å²) in [4.78, 5) is 35.4. The Kier molecular flexibility index (Phi) is 6.45. The fourth-order valence-corrected chi connectivity index (χ4v) is 4.65. The quantitative estimate of drug-likeness (QED) is 0.595. The monoisotopic (exact) mass is 455 g/mol. The lowest BCUT2D eigenvalue weighted by Gasteiger charge is -2.22. The van der Waals surface area contributed by atoms with E-state index in [1.807, 2.05) is 56.3 Å². The minimum Gasteiger partial charge on any atom is -0.449 e. The molecule has 0 radical (unpaired) electrons. The first kappa shape index (κ1) is 22.3. The minimum absolute atomic E-state index is 0.0521. The zero-order valence-electron chi connectivity index (χ0n) is 19.0. The molecule has 0 N–H and O–H groups in total. The molecule has 3 aromatic rings. The van der Waals surface area contributed by atoms with Gasteiger partial charge in [0.15, 0.2) is 5.65 Å². The third kappa shape index (κ3) is 4.48. The van der Waals surface area contributed by atoms with Crippen LogP contribution < -0.4 is 0 Å². The van der Waals surface area contributed by atoms with Gasteiger partial charge in [-0.25, -0.2) is 9.78 Å². The van der Waals surface area contributed by atoms with E-state index in [1.165, 1.54) is 0 Å². The Bertz CT molecular complexity index is 1120. The van der Waals surface area contributed by atoms with Crippen molar-refractivity contribution >= 4 is 34.4 Å². The van der Waals surface area contributed by atoms with Crippen LogP contribution in [0.5, 0.6) is 0 Å². The van der Waals surface area contributed by atoms with E-state index in [0.717, 1.165) is 21.7 Å². The number of carbonyl (C=O) groups is 2. The first-order valence-electron chi connectivity index (χ1n) is 10.9. The van der Waals surface area contributed by atoms with Gasteiger partial charge in [-0.05, 0) is 36.8 Å². The highest BCUT2D eigenvalue weighted by Gasteiger charge is 2.27. The fourth-order valence-electron chi connectivity index (χ4n) is 3.97. The van der Waals surface area contributed by atoms with E-state index in [9.17, 15) is 9.59 Å². The molecule has 170 valence electrons. The van der Waals surface area contributed by atoms with E-state index in [0.29, 0.717) is 56.3 Å². The molecule has 4 rings (SSSR count). The summed E-state index contributed by atoms with van der Waals surface area (Å²) in [6.45, 7) is 8.42. The number of thiophene rings is 1. The van der Waals surface area contributed by atoms with E-state index in [4.69, 9.17) is 9.72 Å². The van der Waals surface area contributed by atoms with E-state index >= 15 is 0 Å². The van der Waals surface area contributed by atoms with Crippen molar-refractivity contribution in [3.8, 4) is 10.6 Å². The molecular weight excluding hydrogens is 426 g/mol. The highest BCUT2D eigenvalue weighted by molar-refractivity contribution is 7.13. The molecule has 2 amide bonds. The van der Waals surface area contributed by atoms with Crippen molar-refractivity contribution in [2.45, 2.75) is 27.2 Å². The highest BCUT2D eigenvalue weighted by atomic mass is 32.1. The van der Waals surface area contributed by atoms with Crippen LogP contribution in [0.4, 0.5) is 4.79 Å². The zero-order valence-corrected chi connectivity index (χ0v) is 19.8. The number of fused-ring (bicyclic) bond motifs is 1. The van der Waals surface area contributed by atoms with Crippen molar-refractivity contribution in [3.05, 3.63) is 34.8 Å². The number of aromatic nitrogens is 3. The summed E-state index contributed by atoms with van der Waals surface area (Å²) in [5.41, 5.74) is 2.86. The number of pyridine rings is 1. The molecule has 1 aliphatic heterocycles. The second kappa shape index (κ2) is 9.28. The van der Waals surface area contributed by atoms with Gasteiger partial charge in [-0.1, -0.05) is 19.9 Å². The Balaban J connectivity index is 1.60. The van der Waals surface area contributed by atoms with Crippen molar-refractivity contribution in [1.29, 1.82) is 0 Å². The topological polar surface area (TPSA) is 80.6 Å². The zero-order chi connectivity index (χ0) is 22.8. The standard InChI is InChI=1S/C23H29N5O3S/c1-15(2)14-31-23(30)28-9-6-8-27(10-11-28)22(29)17-13-18(19-7-5-12-32-19)24-21-20(17)16(3)25-26(21)4/h5,7,12-13,15H,6,8-11,14H2,1-4H3. The summed E-state index contributed by atoms with van der Waals surface area (Å²) < 4.78 is 7.11. The van der Waals surface area contributed by atoms with E-state index in [2.05, 4.69) is 5.10 Å². The number of amides is 2. The van der Waals surface area contributed by atoms with E-state index < -0.39 is 0 Å². The lowest BCUT2D eigenvalue weighted by Crippen LogP contribution is -2.38. The number of aryl methyl sites for hydroxylation is 2. The molecule has 1 aliphatic rings. The number of carbonyl (C=O) groups excluding carboxylic acids is 2. The normalized spacial score (nSPS) is 14.8. The SMILES string of the molecule is Cc1nn(C)c2nc(-c3cccs3)cc(C(=O)N3CCCN(C(=O)OCC(C)C)CC3)c12. The summed E-state index contributed by atoms with van der Waals surface area (Å²) >= 11 is 1.59. The number of hydrogen-bond acceptors (Lipinski definition) is 6. The third-order valence-corrected chi connectivity index (χ3v) is 6.45. The maximum Gasteiger partial charge on any atom is 0.409 e. The van der Waals surface area contributed by atoms with Gasteiger partial charge in [0.05, 0.1) is 33.8 Å². The Labute approximate surface area is 191 Å². The van der Waals surface area contributed by atoms with Crippen molar-refractivity contribution in [3.63, 3.8) is 0 Å². The van der Waals surface area contributed by atoms with Gasteiger partial charge in [-0.15, -0.1) is 11.3 Å². The molecule has 0 aliphatic carbocycles. The molecule has 1 saturated heterocycles. The molecule has 0 atom stereocenters. The van der Waals surface area contributed by atoms with Gasteiger partial charge in [0, 0.05) is 33.2 Å². The van der Waals surface area contributed by atoms with Gasteiger partial charge in [-0.2, -0.15) is 5.10 Å². The van der Waals surface area contributed by atoms with Gasteiger partial charge >= 0.3 is 6.09 Å². The number of nitrogens with zero attached hydrogens (tertiary/aromatic N) is 5. The second-order valence-corrected chi connectivity index (χ2v) is 9.49. The maximum absolute atomic E-state index is 13.7. The summed E-state index contributed by atoms with van der Waals surface area (Å²) in [5.74, 6) is 0.238. The minimum atomic E-state index is -0.303. The molecule has 0 unspecified atom stereocenters. The van der Waals surface area contributed by atoms with E-state index in [1.54, 1.807) is 20.9 Å². The van der Waals surface area contributed by atoms with Gasteiger partial charge in [-0.3, -0.25) is 9.48 Å². The Morgan fingerprint density at radius 2 is 1.94 bits per heavy atom. The van der Waals surface area contributed by atoms with Gasteiger partial charge < -0.3 is 14.5 Å². The first-order chi connectivity index (χ1) is 15.3. The molecule has 1 fully saturated rings. The number of rotatable bonds is 4. The molecule has 0 bridgehead atoms. The lowest BCUT2D eigenvalue weighted by molar-refractivity contribution is 0.0748. The molecule has 8 nitrogen and oxygen atoms in total. The summed E-state index contributed by atoms with van der Waals surface area (Å²) in [6, 6.07) is 5.86. The van der Waals surface area contributed by atoms with Crippen molar-refractivity contribution in [2.24, 2.45) is 13.0 Å². The summed E-state index contributed by atoms with van der Waals surface area (Å²) in [6.07, 6.45) is 0.406. The van der Waals surface area contributed by atoms with Crippen LogP contribution >= 0.6 is 11.3 Å². The van der Waals surface area contributed by atoms with Crippen molar-refractivity contribution in [2.75, 3.05) is 32.8 Å². The molecule has 3 aromatic heterocycles. The molecular formula is C23H29N5O3S. The summed E-state index contributed by atoms with van der Waals surface area (Å²) in [5, 5.41) is 7.29.